The van der Waals surface area contributed by atoms with Crippen LogP contribution in [0.4, 0.5) is 0 Å². The van der Waals surface area contributed by atoms with Gasteiger partial charge < -0.3 is 19.6 Å². The molecule has 0 fully saturated rings. The Morgan fingerprint density at radius 2 is 1.88 bits per heavy atom. The number of aromatic amines is 1. The summed E-state index contributed by atoms with van der Waals surface area (Å²) in [6.07, 6.45) is 3.02. The highest BCUT2D eigenvalue weighted by Crippen LogP contribution is 2.31. The minimum atomic E-state index is -1.09. The van der Waals surface area contributed by atoms with Crippen LogP contribution in [0.15, 0.2) is 24.3 Å². The quantitative estimate of drug-likeness (QED) is 0.627. The predicted octanol–water partition coefficient (Wildman–Crippen LogP) is 3.24. The van der Waals surface area contributed by atoms with E-state index < -0.39 is 5.97 Å². The summed E-state index contributed by atoms with van der Waals surface area (Å²) in [5, 5.41) is 9.13. The topological polar surface area (TPSA) is 88.6 Å². The molecular formula is C18H19NO5. The number of aromatic carboxylic acids is 1. The van der Waals surface area contributed by atoms with Gasteiger partial charge in [-0.3, -0.25) is 4.79 Å². The summed E-state index contributed by atoms with van der Waals surface area (Å²) in [4.78, 5) is 26.4. The van der Waals surface area contributed by atoms with Crippen molar-refractivity contribution in [1.29, 1.82) is 0 Å². The maximum absolute atomic E-state index is 12.5. The summed E-state index contributed by atoms with van der Waals surface area (Å²) in [6.45, 7) is 3.28. The van der Waals surface area contributed by atoms with Gasteiger partial charge >= 0.3 is 5.97 Å². The lowest BCUT2D eigenvalue weighted by Gasteiger charge is -2.09. The van der Waals surface area contributed by atoms with Crippen LogP contribution in [-0.2, 0) is 0 Å². The van der Waals surface area contributed by atoms with Gasteiger partial charge in [0.15, 0.2) is 17.3 Å². The van der Waals surface area contributed by atoms with Crippen LogP contribution in [0.2, 0.25) is 0 Å². The number of allylic oxidation sites excluding steroid dienone is 1. The molecule has 0 aliphatic heterocycles. The third-order valence-corrected chi connectivity index (χ3v) is 3.75. The average molecular weight is 329 g/mol. The van der Waals surface area contributed by atoms with Gasteiger partial charge in [-0.05, 0) is 37.6 Å². The number of methoxy groups -OCH3 is 2. The van der Waals surface area contributed by atoms with Crippen molar-refractivity contribution in [3.8, 4) is 11.5 Å². The predicted molar refractivity (Wildman–Crippen MR) is 90.1 cm³/mol. The highest BCUT2D eigenvalue weighted by Gasteiger charge is 2.20. The van der Waals surface area contributed by atoms with E-state index in [9.17, 15) is 9.59 Å². The minimum Gasteiger partial charge on any atom is -0.493 e. The van der Waals surface area contributed by atoms with Gasteiger partial charge in [0.1, 0.15) is 5.69 Å². The van der Waals surface area contributed by atoms with E-state index in [1.807, 2.05) is 0 Å². The molecule has 0 radical (unpaired) electrons. The van der Waals surface area contributed by atoms with E-state index >= 15 is 0 Å². The first-order valence-electron chi connectivity index (χ1n) is 7.26. The summed E-state index contributed by atoms with van der Waals surface area (Å²) in [6, 6.07) is 5.35. The number of nitrogens with one attached hydrogen (secondary N) is 1. The molecule has 0 saturated carbocycles. The zero-order chi connectivity index (χ0) is 17.9. The van der Waals surface area contributed by atoms with Crippen molar-refractivity contribution >= 4 is 17.8 Å². The first-order chi connectivity index (χ1) is 11.4. The lowest BCUT2D eigenvalue weighted by atomic mass is 10.0. The molecule has 2 rings (SSSR count). The second kappa shape index (κ2) is 7.04. The van der Waals surface area contributed by atoms with Crippen LogP contribution in [0.3, 0.4) is 0 Å². The number of aromatic nitrogens is 1. The Balaban J connectivity index is 2.38. The normalized spacial score (nSPS) is 10.8. The lowest BCUT2D eigenvalue weighted by Crippen LogP contribution is -2.01. The molecule has 2 aromatic rings. The van der Waals surface area contributed by atoms with E-state index in [4.69, 9.17) is 14.6 Å². The number of hydrogen-bond acceptors (Lipinski definition) is 4. The van der Waals surface area contributed by atoms with Gasteiger partial charge in [0, 0.05) is 16.8 Å². The SMILES string of the molecule is COc1cccc(/C=C/C(=O)c2c(C)[nH]c(C(=O)O)c2C)c1OC. The van der Waals surface area contributed by atoms with Crippen LogP contribution < -0.4 is 9.47 Å². The van der Waals surface area contributed by atoms with E-state index in [-0.39, 0.29) is 11.5 Å². The van der Waals surface area contributed by atoms with Crippen molar-refractivity contribution in [2.24, 2.45) is 0 Å². The van der Waals surface area contributed by atoms with E-state index in [2.05, 4.69) is 4.98 Å². The van der Waals surface area contributed by atoms with E-state index in [0.29, 0.717) is 33.9 Å². The number of carboxylic acids is 1. The summed E-state index contributed by atoms with van der Waals surface area (Å²) >= 11 is 0. The summed E-state index contributed by atoms with van der Waals surface area (Å²) in [7, 11) is 3.06. The third kappa shape index (κ3) is 3.17. The third-order valence-electron chi connectivity index (χ3n) is 3.75. The number of ether oxygens (including phenoxy) is 2. The van der Waals surface area contributed by atoms with Crippen molar-refractivity contribution in [2.75, 3.05) is 14.2 Å². The molecule has 1 heterocycles. The Labute approximate surface area is 139 Å². The molecule has 0 unspecified atom stereocenters. The second-order valence-corrected chi connectivity index (χ2v) is 5.21. The maximum Gasteiger partial charge on any atom is 0.352 e. The molecule has 0 aliphatic rings. The molecular weight excluding hydrogens is 310 g/mol. The Bertz CT molecular complexity index is 817. The number of carbonyl (C=O) groups excluding carboxylic acids is 1. The number of carbonyl (C=O) groups is 2. The molecule has 0 bridgehead atoms. The van der Waals surface area contributed by atoms with Crippen molar-refractivity contribution in [2.45, 2.75) is 13.8 Å². The number of rotatable bonds is 6. The number of benzene rings is 1. The molecule has 1 aromatic heterocycles. The highest BCUT2D eigenvalue weighted by atomic mass is 16.5. The second-order valence-electron chi connectivity index (χ2n) is 5.21. The van der Waals surface area contributed by atoms with E-state index in [1.165, 1.54) is 20.3 Å². The summed E-state index contributed by atoms with van der Waals surface area (Å²) < 4.78 is 10.5. The van der Waals surface area contributed by atoms with Crippen LogP contribution in [0.1, 0.15) is 37.7 Å². The zero-order valence-electron chi connectivity index (χ0n) is 14.0. The fraction of sp³-hybridized carbons (Fsp3) is 0.222. The number of ketones is 1. The van der Waals surface area contributed by atoms with Gasteiger partial charge in [-0.15, -0.1) is 0 Å². The van der Waals surface area contributed by atoms with Crippen LogP contribution in [0.25, 0.3) is 6.08 Å². The van der Waals surface area contributed by atoms with Crippen molar-refractivity contribution in [3.05, 3.63) is 52.4 Å². The molecule has 0 aliphatic carbocycles. The number of H-pyrrole nitrogens is 1. The number of aryl methyl sites for hydroxylation is 1. The van der Waals surface area contributed by atoms with Crippen LogP contribution in [-0.4, -0.2) is 36.1 Å². The molecule has 0 amide bonds. The monoisotopic (exact) mass is 329 g/mol. The number of para-hydroxylation sites is 1. The van der Waals surface area contributed by atoms with E-state index in [0.717, 1.165) is 0 Å². The van der Waals surface area contributed by atoms with Crippen LogP contribution >= 0.6 is 0 Å². The Morgan fingerprint density at radius 1 is 1.17 bits per heavy atom. The Morgan fingerprint density at radius 3 is 2.42 bits per heavy atom. The first kappa shape index (κ1) is 17.3. The van der Waals surface area contributed by atoms with Gasteiger partial charge in [0.25, 0.3) is 0 Å². The smallest absolute Gasteiger partial charge is 0.352 e. The van der Waals surface area contributed by atoms with Gasteiger partial charge in [-0.25, -0.2) is 4.79 Å². The Kier molecular flexibility index (Phi) is 5.08. The molecule has 126 valence electrons. The van der Waals surface area contributed by atoms with E-state index in [1.54, 1.807) is 38.1 Å². The van der Waals surface area contributed by atoms with Crippen molar-refractivity contribution in [3.63, 3.8) is 0 Å². The van der Waals surface area contributed by atoms with Gasteiger partial charge in [-0.2, -0.15) is 0 Å². The highest BCUT2D eigenvalue weighted by molar-refractivity contribution is 6.10. The fourth-order valence-electron chi connectivity index (χ4n) is 2.63. The largest absolute Gasteiger partial charge is 0.493 e. The summed E-state index contributed by atoms with van der Waals surface area (Å²) in [5.74, 6) is -0.279. The molecule has 0 spiro atoms. The zero-order valence-corrected chi connectivity index (χ0v) is 14.0. The van der Waals surface area contributed by atoms with Crippen LogP contribution in [0.5, 0.6) is 11.5 Å². The molecule has 0 saturated heterocycles. The Hall–Kier alpha value is -3.02. The van der Waals surface area contributed by atoms with Gasteiger partial charge in [-0.1, -0.05) is 12.1 Å². The van der Waals surface area contributed by atoms with Gasteiger partial charge in [0.2, 0.25) is 0 Å². The standard InChI is InChI=1S/C18H19NO5/c1-10-15(11(2)19-16(10)18(21)22)13(20)9-8-12-6-5-7-14(23-3)17(12)24-4/h5-9,19H,1-4H3,(H,21,22)/b9-8+. The molecule has 6 nitrogen and oxygen atoms in total. The minimum absolute atomic E-state index is 0.0308. The molecule has 24 heavy (non-hydrogen) atoms. The fourth-order valence-corrected chi connectivity index (χ4v) is 2.63. The molecule has 2 N–H and O–H groups in total. The van der Waals surface area contributed by atoms with Crippen molar-refractivity contribution in [1.82, 2.24) is 4.98 Å². The molecule has 0 atom stereocenters. The summed E-state index contributed by atoms with van der Waals surface area (Å²) in [5.41, 5.74) is 2.03. The number of carboxylic acid groups (broad SMARTS) is 1. The maximum atomic E-state index is 12.5. The number of hydrogen-bond donors (Lipinski definition) is 2. The van der Waals surface area contributed by atoms with Crippen LogP contribution in [0, 0.1) is 13.8 Å². The first-order valence-corrected chi connectivity index (χ1v) is 7.26. The molecule has 1 aromatic carbocycles. The van der Waals surface area contributed by atoms with Gasteiger partial charge in [0.05, 0.1) is 14.2 Å². The molecule has 6 heteroatoms. The lowest BCUT2D eigenvalue weighted by molar-refractivity contribution is 0.0690. The average Bonchev–Trinajstić information content (AvgIpc) is 2.86. The van der Waals surface area contributed by atoms with Crippen molar-refractivity contribution < 1.29 is 24.2 Å².